The fraction of sp³-hybridized carbons (Fsp3) is 0.0492. The summed E-state index contributed by atoms with van der Waals surface area (Å²) in [6, 6.07) is 81.8. The predicted molar refractivity (Wildman–Crippen MR) is 265 cm³/mol. The molecule has 0 bridgehead atoms. The van der Waals surface area contributed by atoms with Crippen LogP contribution in [0.5, 0.6) is 0 Å². The third kappa shape index (κ3) is 6.34. The maximum atomic E-state index is 6.14. The van der Waals surface area contributed by atoms with Crippen LogP contribution in [-0.4, -0.2) is 0 Å². The first-order chi connectivity index (χ1) is 30.9. The second kappa shape index (κ2) is 14.6. The predicted octanol–water partition coefficient (Wildman–Crippen LogP) is 17.2. The molecule has 0 saturated carbocycles. The van der Waals surface area contributed by atoms with Crippen LogP contribution < -0.4 is 4.90 Å². The van der Waals surface area contributed by atoms with E-state index in [4.69, 9.17) is 4.42 Å². The van der Waals surface area contributed by atoms with Crippen LogP contribution in [0.15, 0.2) is 229 Å². The monoisotopic (exact) mass is 805 g/mol. The molecule has 1 aliphatic rings. The number of benzene rings is 10. The van der Waals surface area contributed by atoms with E-state index in [0.717, 1.165) is 50.1 Å². The number of furan rings is 1. The summed E-state index contributed by atoms with van der Waals surface area (Å²) in [5.74, 6) is 0. The van der Waals surface area contributed by atoms with E-state index in [1.165, 1.54) is 66.4 Å². The minimum absolute atomic E-state index is 0.114. The lowest BCUT2D eigenvalue weighted by Gasteiger charge is -2.28. The van der Waals surface area contributed by atoms with Crippen LogP contribution in [0.4, 0.5) is 17.1 Å². The third-order valence-electron chi connectivity index (χ3n) is 13.3. The zero-order chi connectivity index (χ0) is 42.1. The van der Waals surface area contributed by atoms with Gasteiger partial charge in [0.05, 0.1) is 0 Å². The first kappa shape index (κ1) is 36.9. The molecular weight excluding hydrogens is 763 g/mol. The molecule has 0 amide bonds. The molecule has 11 aromatic rings. The average Bonchev–Trinajstić information content (AvgIpc) is 3.83. The van der Waals surface area contributed by atoms with E-state index in [1.54, 1.807) is 0 Å². The van der Waals surface area contributed by atoms with Gasteiger partial charge >= 0.3 is 0 Å². The van der Waals surface area contributed by atoms with Gasteiger partial charge in [-0.15, -0.1) is 0 Å². The highest BCUT2D eigenvalue weighted by Crippen LogP contribution is 2.51. The van der Waals surface area contributed by atoms with Gasteiger partial charge in [-0.05, 0) is 150 Å². The van der Waals surface area contributed by atoms with Crippen LogP contribution in [-0.2, 0) is 5.41 Å². The Hall–Kier alpha value is -7.94. The van der Waals surface area contributed by atoms with Gasteiger partial charge in [0.1, 0.15) is 11.2 Å². The molecule has 1 aromatic heterocycles. The highest BCUT2D eigenvalue weighted by Gasteiger charge is 2.35. The van der Waals surface area contributed by atoms with Crippen LogP contribution in [0.2, 0.25) is 0 Å². The number of hydrogen-bond acceptors (Lipinski definition) is 2. The Kier molecular flexibility index (Phi) is 8.55. The van der Waals surface area contributed by atoms with E-state index in [1.807, 2.05) is 12.1 Å². The molecule has 0 radical (unpaired) electrons. The molecule has 0 atom stereocenters. The summed E-state index contributed by atoms with van der Waals surface area (Å²) >= 11 is 0. The Balaban J connectivity index is 0.900. The number of nitrogens with zero attached hydrogens (tertiary/aromatic N) is 1. The molecule has 0 N–H and O–H groups in total. The summed E-state index contributed by atoms with van der Waals surface area (Å²) in [5.41, 5.74) is 19.9. The molecule has 0 saturated heterocycles. The van der Waals surface area contributed by atoms with E-state index in [2.05, 4.69) is 231 Å². The lowest BCUT2D eigenvalue weighted by atomic mass is 9.82. The molecule has 2 heteroatoms. The number of anilines is 3. The summed E-state index contributed by atoms with van der Waals surface area (Å²) in [5, 5.41) is 4.79. The highest BCUT2D eigenvalue weighted by molar-refractivity contribution is 6.06. The van der Waals surface area contributed by atoms with Gasteiger partial charge in [0.2, 0.25) is 0 Å². The first-order valence-corrected chi connectivity index (χ1v) is 21.8. The van der Waals surface area contributed by atoms with Crippen LogP contribution >= 0.6 is 0 Å². The van der Waals surface area contributed by atoms with E-state index in [9.17, 15) is 0 Å². The maximum Gasteiger partial charge on any atom is 0.135 e. The van der Waals surface area contributed by atoms with Gasteiger partial charge in [0.15, 0.2) is 0 Å². The summed E-state index contributed by atoms with van der Waals surface area (Å²) < 4.78 is 6.14. The second-order valence-corrected chi connectivity index (χ2v) is 17.4. The molecule has 0 fully saturated rings. The smallest absolute Gasteiger partial charge is 0.135 e. The van der Waals surface area contributed by atoms with Crippen molar-refractivity contribution in [3.8, 4) is 55.6 Å². The van der Waals surface area contributed by atoms with Crippen LogP contribution in [0.1, 0.15) is 25.0 Å². The fourth-order valence-electron chi connectivity index (χ4n) is 9.92. The Morgan fingerprint density at radius 1 is 0.317 bits per heavy atom. The fourth-order valence-corrected chi connectivity index (χ4v) is 9.92. The minimum Gasteiger partial charge on any atom is -0.456 e. The largest absolute Gasteiger partial charge is 0.456 e. The van der Waals surface area contributed by atoms with Crippen molar-refractivity contribution >= 4 is 49.8 Å². The lowest BCUT2D eigenvalue weighted by Crippen LogP contribution is -2.16. The van der Waals surface area contributed by atoms with Crippen molar-refractivity contribution < 1.29 is 4.42 Å². The van der Waals surface area contributed by atoms with E-state index < -0.39 is 0 Å². The molecule has 0 unspecified atom stereocenters. The van der Waals surface area contributed by atoms with Crippen LogP contribution in [0.25, 0.3) is 88.3 Å². The van der Waals surface area contributed by atoms with Crippen molar-refractivity contribution in [3.63, 3.8) is 0 Å². The standard InChI is InChI=1S/C61H43NO/c1-61(2)57-19-7-5-17-53(57)54-33-32-52(39-58(54)61)62(51-30-25-42(26-31-51)49-27-34-60-56(38-49)55-18-6-8-20-59(55)63-60)50-28-23-41(24-29-50)44-13-9-14-45(35-44)46-15-10-16-47(37-46)48-22-21-40-11-3-4-12-43(40)36-48/h3-39H,1-2H3. The Bertz CT molecular complexity index is 3540. The second-order valence-electron chi connectivity index (χ2n) is 17.4. The average molecular weight is 806 g/mol. The van der Waals surface area contributed by atoms with Crippen molar-refractivity contribution in [3.05, 3.63) is 236 Å². The summed E-state index contributed by atoms with van der Waals surface area (Å²) in [6.45, 7) is 4.70. The molecule has 298 valence electrons. The quantitative estimate of drug-likeness (QED) is 0.160. The maximum absolute atomic E-state index is 6.14. The van der Waals surface area contributed by atoms with Gasteiger partial charge in [-0.25, -0.2) is 0 Å². The van der Waals surface area contributed by atoms with Gasteiger partial charge in [0.25, 0.3) is 0 Å². The van der Waals surface area contributed by atoms with Crippen LogP contribution in [0, 0.1) is 0 Å². The lowest BCUT2D eigenvalue weighted by molar-refractivity contribution is 0.660. The van der Waals surface area contributed by atoms with Gasteiger partial charge in [-0.2, -0.15) is 0 Å². The Labute approximate surface area is 368 Å². The number of hydrogen-bond donors (Lipinski definition) is 0. The van der Waals surface area contributed by atoms with E-state index in [0.29, 0.717) is 0 Å². The van der Waals surface area contributed by atoms with Gasteiger partial charge in [0, 0.05) is 33.2 Å². The SMILES string of the molecule is CC1(C)c2ccccc2-c2ccc(N(c3ccc(-c4cccc(-c5cccc(-c6ccc7ccccc7c6)c5)c4)cc3)c3ccc(-c4ccc5oc6ccccc6c5c4)cc3)cc21. The van der Waals surface area contributed by atoms with Crippen molar-refractivity contribution in [1.82, 2.24) is 0 Å². The molecular formula is C61H43NO. The number of para-hydroxylation sites is 1. The molecule has 2 nitrogen and oxygen atoms in total. The van der Waals surface area contributed by atoms with E-state index in [-0.39, 0.29) is 5.41 Å². The zero-order valence-electron chi connectivity index (χ0n) is 35.2. The molecule has 10 aromatic carbocycles. The topological polar surface area (TPSA) is 16.4 Å². The molecule has 0 aliphatic heterocycles. The van der Waals surface area contributed by atoms with Gasteiger partial charge in [-0.1, -0.05) is 166 Å². The van der Waals surface area contributed by atoms with E-state index >= 15 is 0 Å². The van der Waals surface area contributed by atoms with Crippen molar-refractivity contribution in [2.45, 2.75) is 19.3 Å². The molecule has 1 heterocycles. The Morgan fingerprint density at radius 2 is 0.825 bits per heavy atom. The van der Waals surface area contributed by atoms with Crippen molar-refractivity contribution in [2.75, 3.05) is 4.90 Å². The van der Waals surface area contributed by atoms with Crippen LogP contribution in [0.3, 0.4) is 0 Å². The van der Waals surface area contributed by atoms with Gasteiger partial charge < -0.3 is 9.32 Å². The first-order valence-electron chi connectivity index (χ1n) is 21.8. The summed E-state index contributed by atoms with van der Waals surface area (Å²) in [7, 11) is 0. The summed E-state index contributed by atoms with van der Waals surface area (Å²) in [6.07, 6.45) is 0. The Morgan fingerprint density at radius 3 is 1.54 bits per heavy atom. The minimum atomic E-state index is -0.114. The molecule has 12 rings (SSSR count). The normalized spacial score (nSPS) is 12.7. The highest BCUT2D eigenvalue weighted by atomic mass is 16.3. The molecule has 0 spiro atoms. The number of fused-ring (bicyclic) bond motifs is 7. The number of rotatable bonds is 7. The molecule has 1 aliphatic carbocycles. The van der Waals surface area contributed by atoms with Gasteiger partial charge in [-0.3, -0.25) is 0 Å². The third-order valence-corrected chi connectivity index (χ3v) is 13.3. The summed E-state index contributed by atoms with van der Waals surface area (Å²) in [4.78, 5) is 2.40. The zero-order valence-corrected chi connectivity index (χ0v) is 35.2. The molecule has 63 heavy (non-hydrogen) atoms. The van der Waals surface area contributed by atoms with Crippen molar-refractivity contribution in [1.29, 1.82) is 0 Å². The van der Waals surface area contributed by atoms with Crippen molar-refractivity contribution in [2.24, 2.45) is 0 Å².